The second-order valence-electron chi connectivity index (χ2n) is 4.65. The molecule has 1 aromatic rings. The molecule has 116 valence electrons. The van der Waals surface area contributed by atoms with Gasteiger partial charge in [-0.3, -0.25) is 14.5 Å². The molecular formula is C15H13BrFNO4. The highest BCUT2D eigenvalue weighted by atomic mass is 79.9. The lowest BCUT2D eigenvalue weighted by Gasteiger charge is -2.12. The average Bonchev–Trinajstić information content (AvgIpc) is 2.92. The molecule has 22 heavy (non-hydrogen) atoms. The Morgan fingerprint density at radius 3 is 2.86 bits per heavy atom. The van der Waals surface area contributed by atoms with Crippen molar-refractivity contribution in [3.05, 3.63) is 40.1 Å². The zero-order valence-electron chi connectivity index (χ0n) is 11.6. The fourth-order valence-electron chi connectivity index (χ4n) is 1.97. The Bertz CT molecular complexity index is 644. The van der Waals surface area contributed by atoms with Gasteiger partial charge in [-0.15, -0.1) is 0 Å². The molecule has 1 heterocycles. The van der Waals surface area contributed by atoms with Gasteiger partial charge in [-0.05, 0) is 30.7 Å². The molecule has 1 aromatic carbocycles. The highest BCUT2D eigenvalue weighted by molar-refractivity contribution is 9.10. The van der Waals surface area contributed by atoms with Crippen LogP contribution in [0.15, 0.2) is 28.7 Å². The van der Waals surface area contributed by atoms with E-state index < -0.39 is 24.3 Å². The number of carbonyl (C=O) groups is 3. The highest BCUT2D eigenvalue weighted by Gasteiger charge is 2.26. The number of hydrogen-bond acceptors (Lipinski definition) is 4. The van der Waals surface area contributed by atoms with Gasteiger partial charge in [0.15, 0.2) is 6.61 Å². The van der Waals surface area contributed by atoms with Gasteiger partial charge in [-0.25, -0.2) is 9.18 Å². The minimum absolute atomic E-state index is 0.215. The van der Waals surface area contributed by atoms with Crippen molar-refractivity contribution < 1.29 is 23.5 Å². The van der Waals surface area contributed by atoms with Crippen molar-refractivity contribution in [2.24, 2.45) is 0 Å². The van der Waals surface area contributed by atoms with Gasteiger partial charge in [-0.2, -0.15) is 0 Å². The molecule has 0 atom stereocenters. The van der Waals surface area contributed by atoms with E-state index >= 15 is 0 Å². The summed E-state index contributed by atoms with van der Waals surface area (Å²) in [6.07, 6.45) is 3.25. The van der Waals surface area contributed by atoms with E-state index in [-0.39, 0.29) is 11.5 Å². The number of esters is 1. The molecular weight excluding hydrogens is 357 g/mol. The molecule has 2 rings (SSSR count). The first kappa shape index (κ1) is 16.4. The topological polar surface area (TPSA) is 63.7 Å². The Hall–Kier alpha value is -2.02. The van der Waals surface area contributed by atoms with Gasteiger partial charge in [0.2, 0.25) is 5.91 Å². The van der Waals surface area contributed by atoms with E-state index in [9.17, 15) is 18.8 Å². The Morgan fingerprint density at radius 2 is 2.18 bits per heavy atom. The maximum Gasteiger partial charge on any atom is 0.331 e. The number of amides is 2. The third-order valence-electron chi connectivity index (χ3n) is 3.07. The Balaban J connectivity index is 1.87. The van der Waals surface area contributed by atoms with Crippen LogP contribution in [0.25, 0.3) is 6.08 Å². The molecule has 1 saturated heterocycles. The summed E-state index contributed by atoms with van der Waals surface area (Å²) in [5, 5.41) is 0. The Morgan fingerprint density at radius 1 is 1.41 bits per heavy atom. The largest absolute Gasteiger partial charge is 0.452 e. The molecule has 1 fully saturated rings. The minimum atomic E-state index is -0.778. The second-order valence-corrected chi connectivity index (χ2v) is 5.57. The maximum atomic E-state index is 13.5. The summed E-state index contributed by atoms with van der Waals surface area (Å²) in [5.74, 6) is -2.06. The van der Waals surface area contributed by atoms with Crippen LogP contribution in [0.3, 0.4) is 0 Å². The third kappa shape index (κ3) is 4.24. The van der Waals surface area contributed by atoms with Gasteiger partial charge in [0, 0.05) is 29.1 Å². The number of imide groups is 1. The predicted octanol–water partition coefficient (Wildman–Crippen LogP) is 2.29. The molecule has 0 spiro atoms. The summed E-state index contributed by atoms with van der Waals surface area (Å²) in [6.45, 7) is -0.149. The zero-order chi connectivity index (χ0) is 16.1. The lowest BCUT2D eigenvalue weighted by molar-refractivity contribution is -0.151. The van der Waals surface area contributed by atoms with Crippen LogP contribution in [0.2, 0.25) is 0 Å². The number of ether oxygens (including phenoxy) is 1. The fourth-order valence-corrected chi connectivity index (χ4v) is 2.35. The van der Waals surface area contributed by atoms with Gasteiger partial charge in [0.1, 0.15) is 5.82 Å². The second kappa shape index (κ2) is 7.31. The lowest BCUT2D eigenvalue weighted by atomic mass is 10.2. The van der Waals surface area contributed by atoms with Crippen molar-refractivity contribution in [1.82, 2.24) is 4.90 Å². The highest BCUT2D eigenvalue weighted by Crippen LogP contribution is 2.16. The smallest absolute Gasteiger partial charge is 0.331 e. The molecule has 0 N–H and O–H groups in total. The average molecular weight is 370 g/mol. The third-order valence-corrected chi connectivity index (χ3v) is 3.56. The Kier molecular flexibility index (Phi) is 5.43. The molecule has 1 aliphatic heterocycles. The number of nitrogens with zero attached hydrogens (tertiary/aromatic N) is 1. The number of halogens is 2. The van der Waals surface area contributed by atoms with Crippen LogP contribution in [0, 0.1) is 5.82 Å². The summed E-state index contributed by atoms with van der Waals surface area (Å²) in [7, 11) is 0. The maximum absolute atomic E-state index is 13.5. The van der Waals surface area contributed by atoms with Crippen molar-refractivity contribution in [1.29, 1.82) is 0 Å². The van der Waals surface area contributed by atoms with E-state index in [1.165, 1.54) is 24.3 Å². The summed E-state index contributed by atoms with van der Waals surface area (Å²) in [4.78, 5) is 35.6. The Labute approximate surface area is 134 Å². The number of carbonyl (C=O) groups excluding carboxylic acids is 3. The SMILES string of the molecule is O=C(/C=C/c1cc(Br)ccc1F)OCC(=O)N1CCCC1=O. The van der Waals surface area contributed by atoms with Crippen molar-refractivity contribution in [2.75, 3.05) is 13.2 Å². The molecule has 0 aliphatic carbocycles. The van der Waals surface area contributed by atoms with Gasteiger partial charge >= 0.3 is 5.97 Å². The van der Waals surface area contributed by atoms with E-state index in [1.807, 2.05) is 0 Å². The van der Waals surface area contributed by atoms with Crippen molar-refractivity contribution in [3.63, 3.8) is 0 Å². The molecule has 7 heteroatoms. The van der Waals surface area contributed by atoms with Crippen LogP contribution in [-0.4, -0.2) is 35.8 Å². The lowest BCUT2D eigenvalue weighted by Crippen LogP contribution is -2.35. The molecule has 0 aromatic heterocycles. The van der Waals surface area contributed by atoms with Crippen LogP contribution < -0.4 is 0 Å². The van der Waals surface area contributed by atoms with Crippen LogP contribution in [0.5, 0.6) is 0 Å². The van der Waals surface area contributed by atoms with Gasteiger partial charge in [0.25, 0.3) is 5.91 Å². The predicted molar refractivity (Wildman–Crippen MR) is 80.0 cm³/mol. The summed E-state index contributed by atoms with van der Waals surface area (Å²) in [5.41, 5.74) is 0.215. The first-order valence-electron chi connectivity index (χ1n) is 6.60. The van der Waals surface area contributed by atoms with Crippen molar-refractivity contribution in [2.45, 2.75) is 12.8 Å². The molecule has 2 amide bonds. The zero-order valence-corrected chi connectivity index (χ0v) is 13.1. The molecule has 0 bridgehead atoms. The molecule has 0 unspecified atom stereocenters. The summed E-state index contributed by atoms with van der Waals surface area (Å²) < 4.78 is 18.9. The van der Waals surface area contributed by atoms with E-state index in [0.29, 0.717) is 23.9 Å². The number of hydrogen-bond donors (Lipinski definition) is 0. The van der Waals surface area contributed by atoms with Gasteiger partial charge in [0.05, 0.1) is 0 Å². The first-order valence-corrected chi connectivity index (χ1v) is 7.40. The number of rotatable bonds is 4. The summed E-state index contributed by atoms with van der Waals surface area (Å²) >= 11 is 3.20. The molecule has 0 radical (unpaired) electrons. The monoisotopic (exact) mass is 369 g/mol. The van der Waals surface area contributed by atoms with Crippen molar-refractivity contribution >= 4 is 39.8 Å². The van der Waals surface area contributed by atoms with Gasteiger partial charge < -0.3 is 4.74 Å². The van der Waals surface area contributed by atoms with Gasteiger partial charge in [-0.1, -0.05) is 15.9 Å². The van der Waals surface area contributed by atoms with Crippen LogP contribution >= 0.6 is 15.9 Å². The molecule has 5 nitrogen and oxygen atoms in total. The summed E-state index contributed by atoms with van der Waals surface area (Å²) in [6, 6.07) is 4.31. The molecule has 0 saturated carbocycles. The fraction of sp³-hybridized carbons (Fsp3) is 0.267. The number of benzene rings is 1. The normalized spacial score (nSPS) is 14.6. The first-order chi connectivity index (χ1) is 10.5. The van der Waals surface area contributed by atoms with Crippen LogP contribution in [0.4, 0.5) is 4.39 Å². The van der Waals surface area contributed by atoms with Crippen molar-refractivity contribution in [3.8, 4) is 0 Å². The standard InChI is InChI=1S/C15H13BrFNO4/c16-11-4-5-12(17)10(8-11)3-6-15(21)22-9-14(20)18-7-1-2-13(18)19/h3-6,8H,1-2,7,9H2/b6-3+. The van der Waals surface area contributed by atoms with Crippen LogP contribution in [0.1, 0.15) is 18.4 Å². The number of likely N-dealkylation sites (tertiary alicyclic amines) is 1. The van der Waals surface area contributed by atoms with E-state index in [2.05, 4.69) is 15.9 Å². The van der Waals surface area contributed by atoms with Crippen LogP contribution in [-0.2, 0) is 19.1 Å². The quantitative estimate of drug-likeness (QED) is 0.603. The molecule has 1 aliphatic rings. The van der Waals surface area contributed by atoms with E-state index in [1.54, 1.807) is 0 Å². The van der Waals surface area contributed by atoms with E-state index in [4.69, 9.17) is 4.74 Å². The van der Waals surface area contributed by atoms with E-state index in [0.717, 1.165) is 11.0 Å². The minimum Gasteiger partial charge on any atom is -0.452 e.